The monoisotopic (exact) mass is 242 g/mol. The molecule has 0 aliphatic carbocycles. The highest BCUT2D eigenvalue weighted by atomic mass is 32.2. The van der Waals surface area contributed by atoms with Gasteiger partial charge in [0.25, 0.3) is 0 Å². The number of aliphatic hydroxyl groups is 1. The number of carboxylic acids is 1. The van der Waals surface area contributed by atoms with Crippen LogP contribution in [0.4, 0.5) is 0 Å². The summed E-state index contributed by atoms with van der Waals surface area (Å²) in [5.41, 5.74) is 0.292. The summed E-state index contributed by atoms with van der Waals surface area (Å²) in [5.74, 6) is -0.130. The second-order valence-electron chi connectivity index (χ2n) is 3.01. The van der Waals surface area contributed by atoms with Gasteiger partial charge in [0.1, 0.15) is 0 Å². The van der Waals surface area contributed by atoms with Gasteiger partial charge in [-0.1, -0.05) is 0 Å². The summed E-state index contributed by atoms with van der Waals surface area (Å²) in [5, 5.41) is 17.2. The van der Waals surface area contributed by atoms with Crippen LogP contribution in [0.25, 0.3) is 0 Å². The lowest BCUT2D eigenvalue weighted by molar-refractivity contribution is 0.0697. The Labute approximate surface area is 98.2 Å². The van der Waals surface area contributed by atoms with Gasteiger partial charge in [-0.25, -0.2) is 4.79 Å². The molecule has 1 aromatic rings. The number of rotatable bonds is 7. The number of carbonyl (C=O) groups is 1. The molecule has 0 aromatic heterocycles. The second kappa shape index (κ2) is 7.27. The Morgan fingerprint density at radius 3 is 2.50 bits per heavy atom. The third-order valence-electron chi connectivity index (χ3n) is 1.83. The molecule has 4 nitrogen and oxygen atoms in total. The van der Waals surface area contributed by atoms with E-state index in [1.54, 1.807) is 36.0 Å². The number of hydrogen-bond donors (Lipinski definition) is 2. The first-order chi connectivity index (χ1) is 7.74. The zero-order valence-corrected chi connectivity index (χ0v) is 9.57. The van der Waals surface area contributed by atoms with Crippen molar-refractivity contribution in [3.05, 3.63) is 29.8 Å². The predicted molar refractivity (Wildman–Crippen MR) is 62.0 cm³/mol. The molecule has 0 saturated carbocycles. The fraction of sp³-hybridized carbons (Fsp3) is 0.364. The highest BCUT2D eigenvalue weighted by Crippen LogP contribution is 2.18. The molecule has 16 heavy (non-hydrogen) atoms. The van der Waals surface area contributed by atoms with Crippen molar-refractivity contribution < 1.29 is 19.7 Å². The van der Waals surface area contributed by atoms with E-state index in [9.17, 15) is 4.79 Å². The van der Waals surface area contributed by atoms with Gasteiger partial charge in [-0.2, -0.15) is 0 Å². The maximum absolute atomic E-state index is 10.6. The molecule has 0 unspecified atom stereocenters. The van der Waals surface area contributed by atoms with Crippen LogP contribution < -0.4 is 0 Å². The van der Waals surface area contributed by atoms with E-state index in [-0.39, 0.29) is 6.61 Å². The predicted octanol–water partition coefficient (Wildman–Crippen LogP) is 1.49. The van der Waals surface area contributed by atoms with Gasteiger partial charge in [-0.05, 0) is 24.3 Å². The normalized spacial score (nSPS) is 10.3. The van der Waals surface area contributed by atoms with Gasteiger partial charge in [0.2, 0.25) is 0 Å². The minimum Gasteiger partial charge on any atom is -0.478 e. The Balaban J connectivity index is 2.29. The number of thioether (sulfide) groups is 1. The number of aromatic carboxylic acids is 1. The maximum Gasteiger partial charge on any atom is 0.335 e. The molecule has 0 radical (unpaired) electrons. The summed E-state index contributed by atoms with van der Waals surface area (Å²) in [6, 6.07) is 6.72. The molecule has 0 fully saturated rings. The number of hydrogen-bond acceptors (Lipinski definition) is 4. The molecular formula is C11H14O4S. The summed E-state index contributed by atoms with van der Waals surface area (Å²) < 4.78 is 5.10. The summed E-state index contributed by atoms with van der Waals surface area (Å²) in [6.07, 6.45) is 0. The van der Waals surface area contributed by atoms with Gasteiger partial charge in [-0.3, -0.25) is 0 Å². The van der Waals surface area contributed by atoms with Gasteiger partial charge >= 0.3 is 5.97 Å². The van der Waals surface area contributed by atoms with Crippen LogP contribution in [0, 0.1) is 0 Å². The van der Waals surface area contributed by atoms with E-state index in [0.29, 0.717) is 18.8 Å². The largest absolute Gasteiger partial charge is 0.478 e. The van der Waals surface area contributed by atoms with Crippen molar-refractivity contribution in [1.29, 1.82) is 0 Å². The van der Waals surface area contributed by atoms with Gasteiger partial charge < -0.3 is 14.9 Å². The van der Waals surface area contributed by atoms with E-state index in [1.807, 2.05) is 0 Å². The van der Waals surface area contributed by atoms with Crippen LogP contribution in [0.5, 0.6) is 0 Å². The third kappa shape index (κ3) is 4.65. The van der Waals surface area contributed by atoms with Crippen LogP contribution in [0.15, 0.2) is 29.2 Å². The third-order valence-corrected chi connectivity index (χ3v) is 2.81. The van der Waals surface area contributed by atoms with Crippen molar-refractivity contribution in [2.75, 3.05) is 25.6 Å². The minimum atomic E-state index is -0.914. The Morgan fingerprint density at radius 1 is 1.25 bits per heavy atom. The first-order valence-electron chi connectivity index (χ1n) is 4.89. The number of ether oxygens (including phenoxy) is 1. The summed E-state index contributed by atoms with van der Waals surface area (Å²) in [7, 11) is 0. The Hall–Kier alpha value is -1.04. The average molecular weight is 242 g/mol. The summed E-state index contributed by atoms with van der Waals surface area (Å²) in [6.45, 7) is 0.975. The number of aliphatic hydroxyl groups excluding tert-OH is 1. The molecule has 0 amide bonds. The Kier molecular flexibility index (Phi) is 5.92. The van der Waals surface area contributed by atoms with E-state index in [1.165, 1.54) is 0 Å². The van der Waals surface area contributed by atoms with Gasteiger partial charge in [0.15, 0.2) is 0 Å². The molecule has 0 heterocycles. The average Bonchev–Trinajstić information content (AvgIpc) is 2.29. The van der Waals surface area contributed by atoms with Crippen molar-refractivity contribution >= 4 is 17.7 Å². The molecule has 2 N–H and O–H groups in total. The van der Waals surface area contributed by atoms with Gasteiger partial charge in [-0.15, -0.1) is 11.8 Å². The van der Waals surface area contributed by atoms with E-state index >= 15 is 0 Å². The number of benzene rings is 1. The zero-order chi connectivity index (χ0) is 11.8. The lowest BCUT2D eigenvalue weighted by Crippen LogP contribution is -2.02. The van der Waals surface area contributed by atoms with E-state index in [4.69, 9.17) is 14.9 Å². The van der Waals surface area contributed by atoms with Gasteiger partial charge in [0.05, 0.1) is 25.4 Å². The molecule has 5 heteroatoms. The first kappa shape index (κ1) is 13.0. The van der Waals surface area contributed by atoms with Crippen molar-refractivity contribution in [3.63, 3.8) is 0 Å². The van der Waals surface area contributed by atoms with E-state index < -0.39 is 5.97 Å². The standard InChI is InChI=1S/C11H14O4S/c12-5-6-15-7-8-16-10-3-1-9(2-4-10)11(13)14/h1-4,12H,5-8H2,(H,13,14). The minimum absolute atomic E-state index is 0.0397. The Bertz CT molecular complexity index is 323. The van der Waals surface area contributed by atoms with Gasteiger partial charge in [0, 0.05) is 10.6 Å². The van der Waals surface area contributed by atoms with Crippen LogP contribution in [0.2, 0.25) is 0 Å². The molecule has 0 aliphatic rings. The van der Waals surface area contributed by atoms with E-state index in [2.05, 4.69) is 0 Å². The van der Waals surface area contributed by atoms with Crippen molar-refractivity contribution in [2.45, 2.75) is 4.90 Å². The maximum atomic E-state index is 10.6. The molecule has 0 atom stereocenters. The van der Waals surface area contributed by atoms with Crippen LogP contribution >= 0.6 is 11.8 Å². The lowest BCUT2D eigenvalue weighted by atomic mass is 10.2. The fourth-order valence-electron chi connectivity index (χ4n) is 1.08. The topological polar surface area (TPSA) is 66.8 Å². The SMILES string of the molecule is O=C(O)c1ccc(SCCOCCO)cc1. The molecule has 1 aromatic carbocycles. The zero-order valence-electron chi connectivity index (χ0n) is 8.76. The number of carboxylic acid groups (broad SMARTS) is 1. The van der Waals surface area contributed by atoms with E-state index in [0.717, 1.165) is 10.6 Å². The quantitative estimate of drug-likeness (QED) is 0.560. The van der Waals surface area contributed by atoms with Crippen LogP contribution in [0.1, 0.15) is 10.4 Å². The highest BCUT2D eigenvalue weighted by molar-refractivity contribution is 7.99. The highest BCUT2D eigenvalue weighted by Gasteiger charge is 2.01. The smallest absolute Gasteiger partial charge is 0.335 e. The molecule has 0 aliphatic heterocycles. The lowest BCUT2D eigenvalue weighted by Gasteiger charge is -2.03. The van der Waals surface area contributed by atoms with Crippen molar-refractivity contribution in [1.82, 2.24) is 0 Å². The molecule has 0 spiro atoms. The van der Waals surface area contributed by atoms with Crippen molar-refractivity contribution in [3.8, 4) is 0 Å². The molecule has 0 saturated heterocycles. The molecule has 0 bridgehead atoms. The van der Waals surface area contributed by atoms with Crippen LogP contribution in [0.3, 0.4) is 0 Å². The van der Waals surface area contributed by atoms with Crippen LogP contribution in [-0.4, -0.2) is 41.8 Å². The first-order valence-corrected chi connectivity index (χ1v) is 5.87. The fourth-order valence-corrected chi connectivity index (χ4v) is 1.84. The molecular weight excluding hydrogens is 228 g/mol. The molecule has 1 rings (SSSR count). The summed E-state index contributed by atoms with van der Waals surface area (Å²) >= 11 is 1.59. The van der Waals surface area contributed by atoms with Crippen molar-refractivity contribution in [2.24, 2.45) is 0 Å². The Morgan fingerprint density at radius 2 is 1.94 bits per heavy atom. The second-order valence-corrected chi connectivity index (χ2v) is 4.18. The van der Waals surface area contributed by atoms with Crippen LogP contribution in [-0.2, 0) is 4.74 Å². The molecule has 88 valence electrons. The summed E-state index contributed by atoms with van der Waals surface area (Å²) in [4.78, 5) is 11.6.